The topological polar surface area (TPSA) is 0 Å². The summed E-state index contributed by atoms with van der Waals surface area (Å²) < 4.78 is 39.6. The lowest BCUT2D eigenvalue weighted by Crippen LogP contribution is -2.10. The summed E-state index contributed by atoms with van der Waals surface area (Å²) >= 11 is 0. The molecule has 0 saturated heterocycles. The summed E-state index contributed by atoms with van der Waals surface area (Å²) in [5.74, 6) is 0. The van der Waals surface area contributed by atoms with Gasteiger partial charge in [-0.1, -0.05) is 48.5 Å². The minimum Gasteiger partial charge on any atom is -0.166 e. The zero-order valence-electron chi connectivity index (χ0n) is 11.3. The SMILES string of the molecule is Cc1ccc(/C=C(\c2ccccc2)C(F)(F)F)cc1C. The van der Waals surface area contributed by atoms with Crippen molar-refractivity contribution >= 4 is 11.6 Å². The standard InChI is InChI=1S/C17H15F3/c1-12-8-9-14(10-13(12)2)11-16(17(18,19)20)15-6-4-3-5-7-15/h3-11H,1-2H3/b16-11+. The Morgan fingerprint density at radius 3 is 2.10 bits per heavy atom. The van der Waals surface area contributed by atoms with Gasteiger partial charge in [-0.3, -0.25) is 0 Å². The smallest absolute Gasteiger partial charge is 0.166 e. The first kappa shape index (κ1) is 14.4. The summed E-state index contributed by atoms with van der Waals surface area (Å²) in [4.78, 5) is 0. The van der Waals surface area contributed by atoms with E-state index in [1.807, 2.05) is 19.9 Å². The molecule has 0 N–H and O–H groups in total. The Labute approximate surface area is 116 Å². The quantitative estimate of drug-likeness (QED) is 0.644. The van der Waals surface area contributed by atoms with Gasteiger partial charge < -0.3 is 0 Å². The molecular formula is C17H15F3. The van der Waals surface area contributed by atoms with Gasteiger partial charge in [-0.25, -0.2) is 0 Å². The van der Waals surface area contributed by atoms with Crippen molar-refractivity contribution in [3.63, 3.8) is 0 Å². The maximum absolute atomic E-state index is 13.2. The van der Waals surface area contributed by atoms with Crippen LogP contribution in [0.1, 0.15) is 22.3 Å². The summed E-state index contributed by atoms with van der Waals surface area (Å²) in [5.41, 5.74) is 2.16. The molecule has 0 atom stereocenters. The van der Waals surface area contributed by atoms with Crippen molar-refractivity contribution in [2.75, 3.05) is 0 Å². The third-order valence-electron chi connectivity index (χ3n) is 3.23. The average Bonchev–Trinajstić information content (AvgIpc) is 2.39. The molecule has 0 aliphatic heterocycles. The lowest BCUT2D eigenvalue weighted by atomic mass is 10.00. The van der Waals surface area contributed by atoms with Crippen molar-refractivity contribution in [1.82, 2.24) is 0 Å². The van der Waals surface area contributed by atoms with Crippen LogP contribution in [0.2, 0.25) is 0 Å². The Morgan fingerprint density at radius 1 is 0.900 bits per heavy atom. The summed E-state index contributed by atoms with van der Waals surface area (Å²) in [5, 5.41) is 0. The third-order valence-corrected chi connectivity index (χ3v) is 3.23. The van der Waals surface area contributed by atoms with E-state index < -0.39 is 11.7 Å². The largest absolute Gasteiger partial charge is 0.417 e. The highest BCUT2D eigenvalue weighted by atomic mass is 19.4. The van der Waals surface area contributed by atoms with Crippen LogP contribution >= 0.6 is 0 Å². The Morgan fingerprint density at radius 2 is 1.55 bits per heavy atom. The Balaban J connectivity index is 2.52. The molecule has 0 heterocycles. The molecule has 0 amide bonds. The van der Waals surface area contributed by atoms with E-state index in [0.717, 1.165) is 11.1 Å². The van der Waals surface area contributed by atoms with Crippen molar-refractivity contribution in [3.8, 4) is 0 Å². The third kappa shape index (κ3) is 3.29. The second-order valence-corrected chi connectivity index (χ2v) is 4.77. The van der Waals surface area contributed by atoms with Gasteiger partial charge in [0.15, 0.2) is 0 Å². The van der Waals surface area contributed by atoms with Crippen molar-refractivity contribution in [2.45, 2.75) is 20.0 Å². The molecule has 2 rings (SSSR count). The maximum Gasteiger partial charge on any atom is 0.417 e. The highest BCUT2D eigenvalue weighted by Crippen LogP contribution is 2.35. The van der Waals surface area contributed by atoms with Gasteiger partial charge in [-0.05, 0) is 42.2 Å². The number of allylic oxidation sites excluding steroid dienone is 1. The first-order chi connectivity index (χ1) is 9.38. The molecule has 0 unspecified atom stereocenters. The molecule has 104 valence electrons. The number of rotatable bonds is 2. The normalized spacial score (nSPS) is 12.6. The molecule has 0 spiro atoms. The van der Waals surface area contributed by atoms with Crippen molar-refractivity contribution < 1.29 is 13.2 Å². The number of hydrogen-bond donors (Lipinski definition) is 0. The summed E-state index contributed by atoms with van der Waals surface area (Å²) in [6.45, 7) is 3.83. The van der Waals surface area contributed by atoms with E-state index in [4.69, 9.17) is 0 Å². The predicted molar refractivity (Wildman–Crippen MR) is 76.3 cm³/mol. The van der Waals surface area contributed by atoms with Gasteiger partial charge in [0.05, 0.1) is 5.57 Å². The Kier molecular flexibility index (Phi) is 3.98. The average molecular weight is 276 g/mol. The number of halogens is 3. The second-order valence-electron chi connectivity index (χ2n) is 4.77. The van der Waals surface area contributed by atoms with Gasteiger partial charge in [0, 0.05) is 0 Å². The van der Waals surface area contributed by atoms with Crippen LogP contribution in [0.4, 0.5) is 13.2 Å². The van der Waals surface area contributed by atoms with Crippen LogP contribution in [0.3, 0.4) is 0 Å². The van der Waals surface area contributed by atoms with Gasteiger partial charge >= 0.3 is 6.18 Å². The zero-order valence-corrected chi connectivity index (χ0v) is 11.3. The van der Waals surface area contributed by atoms with E-state index in [2.05, 4.69) is 0 Å². The van der Waals surface area contributed by atoms with Gasteiger partial charge in [0.2, 0.25) is 0 Å². The maximum atomic E-state index is 13.2. The van der Waals surface area contributed by atoms with Crippen LogP contribution in [0, 0.1) is 13.8 Å². The molecule has 0 radical (unpaired) electrons. The highest BCUT2D eigenvalue weighted by Gasteiger charge is 2.34. The molecule has 0 aliphatic carbocycles. The van der Waals surface area contributed by atoms with Crippen molar-refractivity contribution in [3.05, 3.63) is 70.8 Å². The first-order valence-corrected chi connectivity index (χ1v) is 6.29. The van der Waals surface area contributed by atoms with Crippen LogP contribution in [0.15, 0.2) is 48.5 Å². The summed E-state index contributed by atoms with van der Waals surface area (Å²) in [7, 11) is 0. The van der Waals surface area contributed by atoms with Crippen LogP contribution in [0.5, 0.6) is 0 Å². The molecule has 0 aromatic heterocycles. The first-order valence-electron chi connectivity index (χ1n) is 6.29. The van der Waals surface area contributed by atoms with E-state index in [1.54, 1.807) is 30.3 Å². The predicted octanol–water partition coefficient (Wildman–Crippen LogP) is 5.41. The Bertz CT molecular complexity index is 622. The molecule has 3 heteroatoms. The van der Waals surface area contributed by atoms with Crippen molar-refractivity contribution in [1.29, 1.82) is 0 Å². The highest BCUT2D eigenvalue weighted by molar-refractivity contribution is 5.84. The fourth-order valence-corrected chi connectivity index (χ4v) is 1.97. The van der Waals surface area contributed by atoms with Gasteiger partial charge in [-0.2, -0.15) is 13.2 Å². The molecule has 0 fully saturated rings. The van der Waals surface area contributed by atoms with Crippen LogP contribution in [-0.2, 0) is 0 Å². The van der Waals surface area contributed by atoms with E-state index in [1.165, 1.54) is 18.2 Å². The van der Waals surface area contributed by atoms with Gasteiger partial charge in [0.25, 0.3) is 0 Å². The lowest BCUT2D eigenvalue weighted by Gasteiger charge is -2.12. The minimum atomic E-state index is -4.37. The molecule has 2 aromatic carbocycles. The van der Waals surface area contributed by atoms with Gasteiger partial charge in [0.1, 0.15) is 0 Å². The molecule has 0 bridgehead atoms. The molecule has 2 aromatic rings. The molecule has 0 saturated carbocycles. The molecule has 0 aliphatic rings. The second kappa shape index (κ2) is 5.53. The van der Waals surface area contributed by atoms with E-state index in [0.29, 0.717) is 5.56 Å². The number of aryl methyl sites for hydroxylation is 2. The van der Waals surface area contributed by atoms with E-state index in [9.17, 15) is 13.2 Å². The number of alkyl halides is 3. The zero-order chi connectivity index (χ0) is 14.8. The Hall–Kier alpha value is -2.03. The van der Waals surface area contributed by atoms with Crippen molar-refractivity contribution in [2.24, 2.45) is 0 Å². The van der Waals surface area contributed by atoms with Crippen LogP contribution in [-0.4, -0.2) is 6.18 Å². The van der Waals surface area contributed by atoms with Gasteiger partial charge in [-0.15, -0.1) is 0 Å². The molecular weight excluding hydrogens is 261 g/mol. The van der Waals surface area contributed by atoms with Crippen LogP contribution < -0.4 is 0 Å². The number of hydrogen-bond acceptors (Lipinski definition) is 0. The fraction of sp³-hybridized carbons (Fsp3) is 0.176. The fourth-order valence-electron chi connectivity index (χ4n) is 1.97. The minimum absolute atomic E-state index is 0.179. The summed E-state index contributed by atoms with van der Waals surface area (Å²) in [6, 6.07) is 13.2. The summed E-state index contributed by atoms with van der Waals surface area (Å²) in [6.07, 6.45) is -3.18. The molecule has 0 nitrogen and oxygen atoms in total. The lowest BCUT2D eigenvalue weighted by molar-refractivity contribution is -0.0683. The number of benzene rings is 2. The van der Waals surface area contributed by atoms with E-state index in [-0.39, 0.29) is 5.56 Å². The molecule has 20 heavy (non-hydrogen) atoms. The van der Waals surface area contributed by atoms with E-state index >= 15 is 0 Å². The van der Waals surface area contributed by atoms with Crippen LogP contribution in [0.25, 0.3) is 11.6 Å². The monoisotopic (exact) mass is 276 g/mol.